The molecule has 0 aliphatic carbocycles. The van der Waals surface area contributed by atoms with Crippen LogP contribution in [0.15, 0.2) is 121 Å². The molecule has 0 aromatic heterocycles. The van der Waals surface area contributed by atoms with Gasteiger partial charge in [-0.1, -0.05) is 121 Å². The number of ether oxygens (including phenoxy) is 2. The van der Waals surface area contributed by atoms with Gasteiger partial charge in [-0.15, -0.1) is 0 Å². The summed E-state index contributed by atoms with van der Waals surface area (Å²) >= 11 is 0. The van der Waals surface area contributed by atoms with Crippen LogP contribution in [-0.4, -0.2) is 132 Å². The lowest BCUT2D eigenvalue weighted by molar-refractivity contribution is -0.140. The van der Waals surface area contributed by atoms with Crippen molar-refractivity contribution in [3.63, 3.8) is 0 Å². The molecule has 0 bridgehead atoms. The van der Waals surface area contributed by atoms with Crippen LogP contribution >= 0.6 is 0 Å². The van der Waals surface area contributed by atoms with Crippen LogP contribution in [0.3, 0.4) is 0 Å². The summed E-state index contributed by atoms with van der Waals surface area (Å²) < 4.78 is 10.1. The second-order valence-corrected chi connectivity index (χ2v) is 13.9. The second kappa shape index (κ2) is 21.6. The molecular weight excluding hydrogens is 741 g/mol. The van der Waals surface area contributed by atoms with Crippen LogP contribution in [0.5, 0.6) is 0 Å². The van der Waals surface area contributed by atoms with Crippen LogP contribution in [0.1, 0.15) is 22.3 Å². The van der Waals surface area contributed by atoms with Crippen LogP contribution < -0.4 is 0 Å². The van der Waals surface area contributed by atoms with E-state index in [4.69, 9.17) is 9.47 Å². The van der Waals surface area contributed by atoms with Crippen molar-refractivity contribution in [1.82, 2.24) is 29.4 Å². The summed E-state index contributed by atoms with van der Waals surface area (Å²) in [7, 11) is 2.37. The summed E-state index contributed by atoms with van der Waals surface area (Å²) in [5.41, 5.74) is 3.24. The molecular formula is C44H50N6O8. The zero-order chi connectivity index (χ0) is 41.3. The predicted molar refractivity (Wildman–Crippen MR) is 215 cm³/mol. The first-order valence-electron chi connectivity index (χ1n) is 19.1. The minimum absolute atomic E-state index is 0.0391. The number of benzene rings is 4. The van der Waals surface area contributed by atoms with Gasteiger partial charge in [0, 0.05) is 52.4 Å². The molecule has 1 saturated heterocycles. The molecule has 1 aliphatic heterocycles. The van der Waals surface area contributed by atoms with Gasteiger partial charge >= 0.3 is 12.2 Å². The summed E-state index contributed by atoms with van der Waals surface area (Å²) in [6, 6.07) is 37.1. The third-order valence-electron chi connectivity index (χ3n) is 9.73. The Balaban J connectivity index is 1.54. The minimum Gasteiger partial charge on any atom is -0.453 e. The molecule has 1 aliphatic rings. The Morgan fingerprint density at radius 3 is 0.793 bits per heavy atom. The van der Waals surface area contributed by atoms with Crippen molar-refractivity contribution in [2.24, 2.45) is 0 Å². The summed E-state index contributed by atoms with van der Waals surface area (Å²) in [6.07, 6.45) is -1.72. The first kappa shape index (κ1) is 42.4. The van der Waals surface area contributed by atoms with E-state index in [-0.39, 0.29) is 52.4 Å². The van der Waals surface area contributed by atoms with Crippen LogP contribution in [0, 0.1) is 0 Å². The van der Waals surface area contributed by atoms with Crippen LogP contribution in [0.25, 0.3) is 0 Å². The summed E-state index contributed by atoms with van der Waals surface area (Å²) in [5.74, 6) is -1.89. The lowest BCUT2D eigenvalue weighted by Crippen LogP contribution is -2.52. The topological polar surface area (TPSA) is 140 Å². The Kier molecular flexibility index (Phi) is 15.8. The van der Waals surface area contributed by atoms with E-state index >= 15 is 0 Å². The molecule has 14 heteroatoms. The zero-order valence-corrected chi connectivity index (χ0v) is 33.0. The summed E-state index contributed by atoms with van der Waals surface area (Å²) in [4.78, 5) is 91.6. The Hall–Kier alpha value is -6.70. The van der Waals surface area contributed by atoms with E-state index in [2.05, 4.69) is 0 Å². The highest BCUT2D eigenvalue weighted by atomic mass is 16.5. The van der Waals surface area contributed by atoms with E-state index in [0.717, 1.165) is 32.1 Å². The van der Waals surface area contributed by atoms with Crippen molar-refractivity contribution in [2.75, 3.05) is 66.6 Å². The lowest BCUT2D eigenvalue weighted by atomic mass is 10.2. The molecule has 4 aromatic rings. The third kappa shape index (κ3) is 12.7. The molecule has 4 aromatic carbocycles. The van der Waals surface area contributed by atoms with Crippen LogP contribution in [0.4, 0.5) is 9.59 Å². The molecule has 0 atom stereocenters. The average molecular weight is 791 g/mol. The SMILES string of the molecule is COC(=O)N1CC(=O)N(Cc2ccccc2)CCN(Cc2ccccc2)C(=O)CN(C(=O)OC)CC(=O)N(Cc2ccccc2)CCN(Cc2ccccc2)C(=O)C1. The van der Waals surface area contributed by atoms with E-state index in [1.165, 1.54) is 33.8 Å². The minimum atomic E-state index is -0.861. The number of carbonyl (C=O) groups is 6. The Morgan fingerprint density at radius 1 is 0.397 bits per heavy atom. The molecule has 0 unspecified atom stereocenters. The highest BCUT2D eigenvalue weighted by Crippen LogP contribution is 2.14. The van der Waals surface area contributed by atoms with E-state index in [1.807, 2.05) is 121 Å². The van der Waals surface area contributed by atoms with Gasteiger partial charge in [0.05, 0.1) is 14.2 Å². The van der Waals surface area contributed by atoms with Crippen LogP contribution in [-0.2, 0) is 54.8 Å². The normalized spacial score (nSPS) is 15.6. The number of rotatable bonds is 8. The molecule has 0 spiro atoms. The largest absolute Gasteiger partial charge is 0.453 e. The van der Waals surface area contributed by atoms with Gasteiger partial charge in [0.15, 0.2) is 0 Å². The molecule has 58 heavy (non-hydrogen) atoms. The molecule has 0 saturated carbocycles. The maximum Gasteiger partial charge on any atom is 0.410 e. The maximum absolute atomic E-state index is 14.2. The fraction of sp³-hybridized carbons (Fsp3) is 0.318. The van der Waals surface area contributed by atoms with Crippen molar-refractivity contribution in [3.8, 4) is 0 Å². The Bertz CT molecular complexity index is 1700. The second-order valence-electron chi connectivity index (χ2n) is 13.9. The molecule has 1 heterocycles. The number of hydrogen-bond acceptors (Lipinski definition) is 8. The van der Waals surface area contributed by atoms with Gasteiger partial charge in [0.2, 0.25) is 23.6 Å². The third-order valence-corrected chi connectivity index (χ3v) is 9.73. The van der Waals surface area contributed by atoms with Gasteiger partial charge in [0.25, 0.3) is 0 Å². The lowest BCUT2D eigenvalue weighted by Gasteiger charge is -2.33. The van der Waals surface area contributed by atoms with Gasteiger partial charge in [-0.25, -0.2) is 9.59 Å². The highest BCUT2D eigenvalue weighted by Gasteiger charge is 2.30. The smallest absolute Gasteiger partial charge is 0.410 e. The number of hydrogen-bond donors (Lipinski definition) is 0. The maximum atomic E-state index is 14.2. The molecule has 1 fully saturated rings. The number of carbonyl (C=O) groups excluding carboxylic acids is 6. The Labute approximate surface area is 339 Å². The van der Waals surface area contributed by atoms with Crippen LogP contribution in [0.2, 0.25) is 0 Å². The number of amides is 6. The summed E-state index contributed by atoms with van der Waals surface area (Å²) in [5, 5.41) is 0. The zero-order valence-electron chi connectivity index (χ0n) is 33.0. The standard InChI is InChI=1S/C44H50N6O8/c1-57-43(55)49-31-39(51)45(27-35-15-7-3-8-16-35)23-25-47(29-37-19-11-5-12-20-37)41(53)33-50(44(56)58-2)34-42(54)48(30-38-21-13-6-14-22-38)26-24-46(40(52)32-49)28-36-17-9-4-10-18-36/h3-22H,23-34H2,1-2H3. The quantitative estimate of drug-likeness (QED) is 0.258. The average Bonchev–Trinajstić information content (AvgIpc) is 3.25. The van der Waals surface area contributed by atoms with Gasteiger partial charge in [-0.3, -0.25) is 29.0 Å². The van der Waals surface area contributed by atoms with E-state index in [1.54, 1.807) is 0 Å². The van der Waals surface area contributed by atoms with Gasteiger partial charge < -0.3 is 29.1 Å². The van der Waals surface area contributed by atoms with Crippen molar-refractivity contribution < 1.29 is 38.2 Å². The van der Waals surface area contributed by atoms with Crippen molar-refractivity contribution >= 4 is 35.8 Å². The highest BCUT2D eigenvalue weighted by molar-refractivity contribution is 5.88. The number of methoxy groups -OCH3 is 2. The first-order chi connectivity index (χ1) is 28.1. The van der Waals surface area contributed by atoms with Crippen molar-refractivity contribution in [2.45, 2.75) is 26.2 Å². The summed E-state index contributed by atoms with van der Waals surface area (Å²) in [6.45, 7) is -1.17. The fourth-order valence-electron chi connectivity index (χ4n) is 6.55. The molecule has 6 amide bonds. The van der Waals surface area contributed by atoms with Gasteiger partial charge in [0.1, 0.15) is 26.2 Å². The fourth-order valence-corrected chi connectivity index (χ4v) is 6.55. The monoisotopic (exact) mass is 790 g/mol. The van der Waals surface area contributed by atoms with Gasteiger partial charge in [-0.05, 0) is 22.3 Å². The molecule has 5 rings (SSSR count). The van der Waals surface area contributed by atoms with E-state index < -0.39 is 62.0 Å². The molecule has 14 nitrogen and oxygen atoms in total. The molecule has 304 valence electrons. The molecule has 0 radical (unpaired) electrons. The van der Waals surface area contributed by atoms with Crippen molar-refractivity contribution in [3.05, 3.63) is 144 Å². The van der Waals surface area contributed by atoms with Crippen molar-refractivity contribution in [1.29, 1.82) is 0 Å². The van der Waals surface area contributed by atoms with E-state index in [0.29, 0.717) is 0 Å². The van der Waals surface area contributed by atoms with E-state index in [9.17, 15) is 28.8 Å². The Morgan fingerprint density at radius 2 is 0.603 bits per heavy atom. The first-order valence-corrected chi connectivity index (χ1v) is 19.1. The predicted octanol–water partition coefficient (Wildman–Crippen LogP) is 4.25. The number of nitrogens with zero attached hydrogens (tertiary/aromatic N) is 6. The molecule has 0 N–H and O–H groups in total. The van der Waals surface area contributed by atoms with Gasteiger partial charge in [-0.2, -0.15) is 0 Å².